The molecule has 0 radical (unpaired) electrons. The Labute approximate surface area is 120 Å². The maximum absolute atomic E-state index is 11.1. The van der Waals surface area contributed by atoms with Gasteiger partial charge in [-0.25, -0.2) is 0 Å². The van der Waals surface area contributed by atoms with E-state index in [2.05, 4.69) is 21.0 Å². The normalized spacial score (nSPS) is 10.5. The minimum absolute atomic E-state index is 0.517. The maximum Gasteiger partial charge on any atom is 0.153 e. The fourth-order valence-corrected chi connectivity index (χ4v) is 2.53. The van der Waals surface area contributed by atoms with Crippen molar-refractivity contribution in [2.24, 2.45) is 7.05 Å². The van der Waals surface area contributed by atoms with Crippen molar-refractivity contribution in [3.63, 3.8) is 0 Å². The van der Waals surface area contributed by atoms with Crippen LogP contribution in [0.15, 0.2) is 28.9 Å². The first-order valence-corrected chi connectivity index (χ1v) is 6.76. The van der Waals surface area contributed by atoms with Crippen LogP contribution < -0.4 is 4.74 Å². The first-order chi connectivity index (χ1) is 9.11. The van der Waals surface area contributed by atoms with Crippen molar-refractivity contribution in [3.8, 4) is 5.75 Å². The number of ether oxygens (including phenoxy) is 1. The lowest BCUT2D eigenvalue weighted by Gasteiger charge is -2.12. The molecule has 2 rings (SSSR count). The van der Waals surface area contributed by atoms with Gasteiger partial charge in [-0.05, 0) is 30.7 Å². The van der Waals surface area contributed by atoms with E-state index in [4.69, 9.17) is 4.74 Å². The van der Waals surface area contributed by atoms with Gasteiger partial charge < -0.3 is 4.74 Å². The Morgan fingerprint density at radius 1 is 1.47 bits per heavy atom. The van der Waals surface area contributed by atoms with E-state index in [0.29, 0.717) is 17.9 Å². The van der Waals surface area contributed by atoms with Gasteiger partial charge in [-0.2, -0.15) is 5.10 Å². The van der Waals surface area contributed by atoms with E-state index in [-0.39, 0.29) is 0 Å². The Bertz CT molecular complexity index is 593. The van der Waals surface area contributed by atoms with Crippen molar-refractivity contribution in [2.75, 3.05) is 6.61 Å². The Balaban J connectivity index is 2.07. The average molecular weight is 323 g/mol. The van der Waals surface area contributed by atoms with E-state index >= 15 is 0 Å². The number of aromatic nitrogens is 2. The highest BCUT2D eigenvalue weighted by molar-refractivity contribution is 9.10. The van der Waals surface area contributed by atoms with E-state index in [1.165, 1.54) is 0 Å². The molecule has 0 aliphatic carbocycles. The molecular formula is C14H15BrN2O2. The van der Waals surface area contributed by atoms with Crippen LogP contribution in [0.2, 0.25) is 0 Å². The molecule has 0 bridgehead atoms. The number of hydrogen-bond acceptors (Lipinski definition) is 3. The van der Waals surface area contributed by atoms with Crippen molar-refractivity contribution in [3.05, 3.63) is 45.7 Å². The molecule has 19 heavy (non-hydrogen) atoms. The summed E-state index contributed by atoms with van der Waals surface area (Å²) in [6.45, 7) is 2.44. The molecule has 1 heterocycles. The Morgan fingerprint density at radius 2 is 2.26 bits per heavy atom. The summed E-state index contributed by atoms with van der Waals surface area (Å²) in [5, 5.41) is 4.10. The third-order valence-corrected chi connectivity index (χ3v) is 3.38. The zero-order valence-electron chi connectivity index (χ0n) is 10.9. The summed E-state index contributed by atoms with van der Waals surface area (Å²) in [5.41, 5.74) is 2.61. The van der Waals surface area contributed by atoms with Crippen LogP contribution in [0.25, 0.3) is 0 Å². The van der Waals surface area contributed by atoms with Crippen LogP contribution in [-0.4, -0.2) is 22.7 Å². The van der Waals surface area contributed by atoms with Gasteiger partial charge in [-0.1, -0.05) is 15.9 Å². The number of aryl methyl sites for hydroxylation is 2. The van der Waals surface area contributed by atoms with Gasteiger partial charge >= 0.3 is 0 Å². The quantitative estimate of drug-likeness (QED) is 0.795. The predicted octanol–water partition coefficient (Wildman–Crippen LogP) is 2.93. The summed E-state index contributed by atoms with van der Waals surface area (Å²) in [6.07, 6.45) is 3.33. The van der Waals surface area contributed by atoms with Gasteiger partial charge in [0.1, 0.15) is 5.75 Å². The van der Waals surface area contributed by atoms with Crippen LogP contribution in [0.5, 0.6) is 5.75 Å². The van der Waals surface area contributed by atoms with Crippen molar-refractivity contribution in [1.82, 2.24) is 9.78 Å². The zero-order chi connectivity index (χ0) is 13.8. The van der Waals surface area contributed by atoms with Crippen LogP contribution in [0.4, 0.5) is 0 Å². The molecule has 1 aromatic heterocycles. The summed E-state index contributed by atoms with van der Waals surface area (Å²) in [5.74, 6) is 0.653. The topological polar surface area (TPSA) is 44.1 Å². The van der Waals surface area contributed by atoms with Crippen LogP contribution >= 0.6 is 15.9 Å². The van der Waals surface area contributed by atoms with Crippen LogP contribution in [0, 0.1) is 6.92 Å². The molecule has 0 fully saturated rings. The standard InChI is InChI=1S/C14H15BrN2O2/c1-10-7-12(15)8-11(9-18)14(10)19-6-4-13-3-5-16-17(13)2/h3,5,7-9H,4,6H2,1-2H3. The highest BCUT2D eigenvalue weighted by Gasteiger charge is 2.09. The second-order valence-electron chi connectivity index (χ2n) is 4.30. The number of rotatable bonds is 5. The highest BCUT2D eigenvalue weighted by atomic mass is 79.9. The molecule has 0 saturated carbocycles. The van der Waals surface area contributed by atoms with E-state index in [9.17, 15) is 4.79 Å². The molecule has 0 atom stereocenters. The van der Waals surface area contributed by atoms with Gasteiger partial charge in [0.25, 0.3) is 0 Å². The van der Waals surface area contributed by atoms with Crippen LogP contribution in [-0.2, 0) is 13.5 Å². The van der Waals surface area contributed by atoms with E-state index in [0.717, 1.165) is 28.4 Å². The molecule has 0 aliphatic rings. The number of carbonyl (C=O) groups is 1. The fourth-order valence-electron chi connectivity index (χ4n) is 1.94. The number of aldehydes is 1. The van der Waals surface area contributed by atoms with Gasteiger partial charge in [0.05, 0.1) is 12.2 Å². The molecule has 100 valence electrons. The second kappa shape index (κ2) is 6.02. The number of carbonyl (C=O) groups excluding carboxylic acids is 1. The summed E-state index contributed by atoms with van der Waals surface area (Å²) >= 11 is 3.37. The first-order valence-electron chi connectivity index (χ1n) is 5.97. The molecular weight excluding hydrogens is 308 g/mol. The van der Waals surface area contributed by atoms with Crippen LogP contribution in [0.1, 0.15) is 21.6 Å². The lowest BCUT2D eigenvalue weighted by atomic mass is 10.1. The molecule has 0 unspecified atom stereocenters. The monoisotopic (exact) mass is 322 g/mol. The van der Waals surface area contributed by atoms with Gasteiger partial charge in [-0.3, -0.25) is 9.48 Å². The van der Waals surface area contributed by atoms with E-state index in [1.807, 2.05) is 30.8 Å². The highest BCUT2D eigenvalue weighted by Crippen LogP contribution is 2.27. The van der Waals surface area contributed by atoms with Gasteiger partial charge in [0.2, 0.25) is 0 Å². The predicted molar refractivity (Wildman–Crippen MR) is 76.7 cm³/mol. The maximum atomic E-state index is 11.1. The number of benzene rings is 1. The lowest BCUT2D eigenvalue weighted by Crippen LogP contribution is -2.08. The molecule has 1 aromatic carbocycles. The third kappa shape index (κ3) is 3.23. The summed E-state index contributed by atoms with van der Waals surface area (Å²) in [4.78, 5) is 11.1. The summed E-state index contributed by atoms with van der Waals surface area (Å²) in [6, 6.07) is 5.66. The molecule has 2 aromatic rings. The first kappa shape index (κ1) is 13.8. The Hall–Kier alpha value is -1.62. The van der Waals surface area contributed by atoms with Crippen LogP contribution in [0.3, 0.4) is 0 Å². The smallest absolute Gasteiger partial charge is 0.153 e. The molecule has 5 heteroatoms. The zero-order valence-corrected chi connectivity index (χ0v) is 12.5. The van der Waals surface area contributed by atoms with Gasteiger partial charge in [0.15, 0.2) is 6.29 Å². The SMILES string of the molecule is Cc1cc(Br)cc(C=O)c1OCCc1ccnn1C. The van der Waals surface area contributed by atoms with Crippen molar-refractivity contribution in [1.29, 1.82) is 0 Å². The third-order valence-electron chi connectivity index (χ3n) is 2.92. The average Bonchev–Trinajstić information content (AvgIpc) is 2.77. The summed E-state index contributed by atoms with van der Waals surface area (Å²) in [7, 11) is 1.90. The molecule has 0 saturated heterocycles. The molecule has 0 amide bonds. The number of hydrogen-bond donors (Lipinski definition) is 0. The van der Waals surface area contributed by atoms with Crippen molar-refractivity contribution in [2.45, 2.75) is 13.3 Å². The molecule has 0 aliphatic heterocycles. The van der Waals surface area contributed by atoms with Gasteiger partial charge in [0, 0.05) is 29.8 Å². The minimum atomic E-state index is 0.517. The van der Waals surface area contributed by atoms with Gasteiger partial charge in [-0.15, -0.1) is 0 Å². The number of nitrogens with zero attached hydrogens (tertiary/aromatic N) is 2. The van der Waals surface area contributed by atoms with Crippen molar-refractivity contribution < 1.29 is 9.53 Å². The summed E-state index contributed by atoms with van der Waals surface area (Å²) < 4.78 is 8.45. The molecule has 0 N–H and O–H groups in total. The largest absolute Gasteiger partial charge is 0.492 e. The molecule has 0 spiro atoms. The Kier molecular flexibility index (Phi) is 4.37. The Morgan fingerprint density at radius 3 is 2.89 bits per heavy atom. The number of halogens is 1. The van der Waals surface area contributed by atoms with Crippen molar-refractivity contribution >= 4 is 22.2 Å². The second-order valence-corrected chi connectivity index (χ2v) is 5.22. The van der Waals surface area contributed by atoms with E-state index in [1.54, 1.807) is 12.3 Å². The minimum Gasteiger partial charge on any atom is -0.492 e. The lowest BCUT2D eigenvalue weighted by molar-refractivity contribution is 0.111. The molecule has 4 nitrogen and oxygen atoms in total. The fraction of sp³-hybridized carbons (Fsp3) is 0.286. The van der Waals surface area contributed by atoms with E-state index < -0.39 is 0 Å².